The first kappa shape index (κ1) is 26.5. The van der Waals surface area contributed by atoms with Gasteiger partial charge in [0.25, 0.3) is 5.91 Å². The number of fused-ring (bicyclic) bond motifs is 1. The minimum Gasteiger partial charge on any atom is -0.348 e. The molecule has 1 unspecified atom stereocenters. The minimum absolute atomic E-state index is 0. The predicted molar refractivity (Wildman–Crippen MR) is 149 cm³/mol. The number of carbonyl (C=O) groups excluding carboxylic acids is 1. The Morgan fingerprint density at radius 2 is 1.43 bits per heavy atom. The molecule has 1 N–H and O–H groups in total. The van der Waals surface area contributed by atoms with E-state index in [1.807, 2.05) is 12.1 Å². The first-order valence-corrected chi connectivity index (χ1v) is 12.2. The number of carbonyl (C=O) groups is 1. The molecule has 35 heavy (non-hydrogen) atoms. The van der Waals surface area contributed by atoms with Gasteiger partial charge in [-0.05, 0) is 44.6 Å². The standard InChI is InChI=1S/C30H35N3O.ClH/c1-5-22(2)31-30(34)29-28(25-18-12-13-19-26(25)33(29)21-20-32(3)4)27(23-14-8-6-9-15-23)24-16-10-7-11-17-24;/h6-19,22,27H,5,20-21H2,1-4H3,(H,31,34);1H. The van der Waals surface area contributed by atoms with Crippen LogP contribution in [0.4, 0.5) is 0 Å². The number of hydrogen-bond donors (Lipinski definition) is 1. The molecule has 1 heterocycles. The van der Waals surface area contributed by atoms with E-state index >= 15 is 0 Å². The third kappa shape index (κ3) is 5.77. The number of nitrogens with one attached hydrogen (secondary N) is 1. The van der Waals surface area contributed by atoms with Crippen molar-refractivity contribution in [2.75, 3.05) is 20.6 Å². The first-order valence-electron chi connectivity index (χ1n) is 12.2. The summed E-state index contributed by atoms with van der Waals surface area (Å²) in [4.78, 5) is 16.1. The number of nitrogens with zero attached hydrogens (tertiary/aromatic N) is 2. The molecular formula is C30H36ClN3O. The number of likely N-dealkylation sites (N-methyl/N-ethyl adjacent to an activating group) is 1. The zero-order valence-corrected chi connectivity index (χ0v) is 21.9. The Bertz CT molecular complexity index is 1200. The largest absolute Gasteiger partial charge is 0.348 e. The highest BCUT2D eigenvalue weighted by atomic mass is 35.5. The van der Waals surface area contributed by atoms with E-state index in [1.54, 1.807) is 0 Å². The number of para-hydroxylation sites is 1. The van der Waals surface area contributed by atoms with Crippen LogP contribution in [0.2, 0.25) is 0 Å². The summed E-state index contributed by atoms with van der Waals surface area (Å²) >= 11 is 0. The lowest BCUT2D eigenvalue weighted by molar-refractivity contribution is 0.0928. The zero-order chi connectivity index (χ0) is 24.1. The topological polar surface area (TPSA) is 37.3 Å². The summed E-state index contributed by atoms with van der Waals surface area (Å²) in [6.07, 6.45) is 0.889. The Labute approximate surface area is 215 Å². The molecule has 4 nitrogen and oxygen atoms in total. The van der Waals surface area contributed by atoms with E-state index in [-0.39, 0.29) is 30.3 Å². The molecule has 0 fully saturated rings. The Kier molecular flexibility index (Phi) is 9.13. The molecular weight excluding hydrogens is 454 g/mol. The van der Waals surface area contributed by atoms with Crippen LogP contribution in [0.25, 0.3) is 10.9 Å². The molecule has 0 saturated heterocycles. The van der Waals surface area contributed by atoms with Crippen LogP contribution in [-0.2, 0) is 6.54 Å². The number of aromatic nitrogens is 1. The number of amides is 1. The van der Waals surface area contributed by atoms with Gasteiger partial charge in [0, 0.05) is 41.5 Å². The van der Waals surface area contributed by atoms with Crippen LogP contribution in [0.3, 0.4) is 0 Å². The molecule has 1 atom stereocenters. The van der Waals surface area contributed by atoms with E-state index in [0.29, 0.717) is 0 Å². The van der Waals surface area contributed by atoms with E-state index in [0.717, 1.165) is 41.7 Å². The van der Waals surface area contributed by atoms with Gasteiger partial charge in [0.15, 0.2) is 0 Å². The van der Waals surface area contributed by atoms with Crippen molar-refractivity contribution in [3.63, 3.8) is 0 Å². The van der Waals surface area contributed by atoms with Gasteiger partial charge in [-0.2, -0.15) is 0 Å². The van der Waals surface area contributed by atoms with Crippen LogP contribution in [0.5, 0.6) is 0 Å². The summed E-state index contributed by atoms with van der Waals surface area (Å²) in [6, 6.07) is 29.6. The zero-order valence-electron chi connectivity index (χ0n) is 21.1. The van der Waals surface area contributed by atoms with Crippen molar-refractivity contribution in [1.82, 2.24) is 14.8 Å². The van der Waals surface area contributed by atoms with Crippen molar-refractivity contribution in [3.8, 4) is 0 Å². The average molecular weight is 490 g/mol. The van der Waals surface area contributed by atoms with Gasteiger partial charge >= 0.3 is 0 Å². The maximum Gasteiger partial charge on any atom is 0.268 e. The molecule has 5 heteroatoms. The average Bonchev–Trinajstić information content (AvgIpc) is 3.18. The van der Waals surface area contributed by atoms with Gasteiger partial charge in [0.2, 0.25) is 0 Å². The van der Waals surface area contributed by atoms with Crippen molar-refractivity contribution < 1.29 is 4.79 Å². The molecule has 4 rings (SSSR count). The molecule has 3 aromatic carbocycles. The maximum absolute atomic E-state index is 13.9. The summed E-state index contributed by atoms with van der Waals surface area (Å²) in [7, 11) is 4.14. The lowest BCUT2D eigenvalue weighted by Gasteiger charge is -2.22. The smallest absolute Gasteiger partial charge is 0.268 e. The highest BCUT2D eigenvalue weighted by molar-refractivity contribution is 6.03. The second-order valence-corrected chi connectivity index (χ2v) is 9.27. The fraction of sp³-hybridized carbons (Fsp3) is 0.300. The lowest BCUT2D eigenvalue weighted by Crippen LogP contribution is -2.35. The highest BCUT2D eigenvalue weighted by Crippen LogP contribution is 2.40. The maximum atomic E-state index is 13.9. The van der Waals surface area contributed by atoms with Gasteiger partial charge in [-0.1, -0.05) is 85.8 Å². The minimum atomic E-state index is -0.0504. The fourth-order valence-electron chi connectivity index (χ4n) is 4.61. The molecule has 1 aromatic heterocycles. The molecule has 1 amide bonds. The summed E-state index contributed by atoms with van der Waals surface area (Å²) in [6.45, 7) is 5.76. The van der Waals surface area contributed by atoms with Crippen molar-refractivity contribution in [2.45, 2.75) is 38.8 Å². The molecule has 0 aliphatic rings. The quantitative estimate of drug-likeness (QED) is 0.298. The van der Waals surface area contributed by atoms with Crippen LogP contribution >= 0.6 is 12.4 Å². The number of hydrogen-bond acceptors (Lipinski definition) is 2. The van der Waals surface area contributed by atoms with Crippen LogP contribution in [0, 0.1) is 0 Å². The van der Waals surface area contributed by atoms with Gasteiger partial charge in [-0.15, -0.1) is 12.4 Å². The normalized spacial score (nSPS) is 12.1. The molecule has 0 aliphatic heterocycles. The Balaban J connectivity index is 0.00000342. The van der Waals surface area contributed by atoms with E-state index in [9.17, 15) is 4.79 Å². The summed E-state index contributed by atoms with van der Waals surface area (Å²) in [5, 5.41) is 4.39. The van der Waals surface area contributed by atoms with Gasteiger partial charge in [0.05, 0.1) is 0 Å². The fourth-order valence-corrected chi connectivity index (χ4v) is 4.61. The number of rotatable bonds is 9. The van der Waals surface area contributed by atoms with Crippen molar-refractivity contribution in [2.24, 2.45) is 0 Å². The molecule has 0 radical (unpaired) electrons. The summed E-state index contributed by atoms with van der Waals surface area (Å²) < 4.78 is 2.22. The SMILES string of the molecule is CCC(C)NC(=O)c1c(C(c2ccccc2)c2ccccc2)c2ccccc2n1CCN(C)C.Cl. The van der Waals surface area contributed by atoms with E-state index < -0.39 is 0 Å². The van der Waals surface area contributed by atoms with E-state index in [4.69, 9.17) is 0 Å². The van der Waals surface area contributed by atoms with Crippen LogP contribution in [-0.4, -0.2) is 42.1 Å². The Morgan fingerprint density at radius 3 is 1.97 bits per heavy atom. The van der Waals surface area contributed by atoms with Crippen molar-refractivity contribution in [1.29, 1.82) is 0 Å². The molecule has 4 aromatic rings. The predicted octanol–water partition coefficient (Wildman–Crippen LogP) is 6.33. The highest BCUT2D eigenvalue weighted by Gasteiger charge is 2.30. The van der Waals surface area contributed by atoms with Gasteiger partial charge in [-0.3, -0.25) is 4.79 Å². The molecule has 0 bridgehead atoms. The molecule has 0 saturated carbocycles. The lowest BCUT2D eigenvalue weighted by atomic mass is 9.83. The number of halogens is 1. The van der Waals surface area contributed by atoms with E-state index in [1.165, 1.54) is 11.1 Å². The molecule has 0 spiro atoms. The first-order chi connectivity index (χ1) is 16.5. The third-order valence-corrected chi connectivity index (χ3v) is 6.54. The van der Waals surface area contributed by atoms with Gasteiger partial charge in [-0.25, -0.2) is 0 Å². The van der Waals surface area contributed by atoms with E-state index in [2.05, 4.69) is 116 Å². The van der Waals surface area contributed by atoms with Crippen LogP contribution in [0.1, 0.15) is 53.4 Å². The molecule has 0 aliphatic carbocycles. The summed E-state index contributed by atoms with van der Waals surface area (Å²) in [5.74, 6) is -0.0539. The van der Waals surface area contributed by atoms with Gasteiger partial charge in [0.1, 0.15) is 5.69 Å². The molecule has 184 valence electrons. The Morgan fingerprint density at radius 1 is 0.886 bits per heavy atom. The monoisotopic (exact) mass is 489 g/mol. The second-order valence-electron chi connectivity index (χ2n) is 9.27. The van der Waals surface area contributed by atoms with Crippen LogP contribution in [0.15, 0.2) is 84.9 Å². The second kappa shape index (κ2) is 12.1. The van der Waals surface area contributed by atoms with Crippen molar-refractivity contribution in [3.05, 3.63) is 107 Å². The number of benzene rings is 3. The van der Waals surface area contributed by atoms with Gasteiger partial charge < -0.3 is 14.8 Å². The van der Waals surface area contributed by atoms with Crippen molar-refractivity contribution >= 4 is 29.2 Å². The van der Waals surface area contributed by atoms with Crippen LogP contribution < -0.4 is 5.32 Å². The summed E-state index contributed by atoms with van der Waals surface area (Å²) in [5.41, 5.74) is 5.31. The Hall–Kier alpha value is -3.08. The third-order valence-electron chi connectivity index (χ3n) is 6.54.